The number of nitrogens with one attached hydrogen (secondary N) is 3. The number of carbonyl (C=O) groups excluding carboxylic acids is 1. The summed E-state index contributed by atoms with van der Waals surface area (Å²) in [6, 6.07) is 13.8. The molecule has 1 amide bonds. The minimum Gasteiger partial charge on any atom is -0.593 e. The second kappa shape index (κ2) is 8.00. The lowest BCUT2D eigenvalue weighted by molar-refractivity contribution is 0.0958. The first-order chi connectivity index (χ1) is 14.5. The van der Waals surface area contributed by atoms with Crippen molar-refractivity contribution in [3.05, 3.63) is 60.4 Å². The molecule has 0 aliphatic carbocycles. The number of benzene rings is 2. The summed E-state index contributed by atoms with van der Waals surface area (Å²) in [4.78, 5) is 23.5. The summed E-state index contributed by atoms with van der Waals surface area (Å²) in [7, 11) is 3.10. The number of pyridine rings is 1. The average molecular weight is 406 g/mol. The summed E-state index contributed by atoms with van der Waals surface area (Å²) in [6.45, 7) is 0. The van der Waals surface area contributed by atoms with Gasteiger partial charge in [0, 0.05) is 31.4 Å². The molecule has 2 aromatic heterocycles. The Balaban J connectivity index is 1.56. The number of amides is 1. The van der Waals surface area contributed by atoms with E-state index in [2.05, 4.69) is 25.6 Å². The molecule has 0 unspecified atom stereocenters. The van der Waals surface area contributed by atoms with Crippen molar-refractivity contribution >= 4 is 28.6 Å². The third-order valence-electron chi connectivity index (χ3n) is 4.29. The van der Waals surface area contributed by atoms with Crippen LogP contribution in [0.5, 0.6) is 23.0 Å². The van der Waals surface area contributed by atoms with Gasteiger partial charge in [0.1, 0.15) is 22.9 Å². The van der Waals surface area contributed by atoms with Crippen LogP contribution in [0.2, 0.25) is 0 Å². The summed E-state index contributed by atoms with van der Waals surface area (Å²) in [6.07, 6.45) is 1.52. The van der Waals surface area contributed by atoms with Crippen molar-refractivity contribution in [1.29, 1.82) is 0 Å². The van der Waals surface area contributed by atoms with Crippen molar-refractivity contribution < 1.29 is 19.4 Å². The number of aromatic nitrogens is 3. The molecule has 0 saturated heterocycles. The fourth-order valence-corrected chi connectivity index (χ4v) is 2.90. The molecule has 0 spiro atoms. The lowest BCUT2D eigenvalue weighted by atomic mass is 10.3. The van der Waals surface area contributed by atoms with E-state index in [1.54, 1.807) is 50.6 Å². The molecule has 152 valence electrons. The van der Waals surface area contributed by atoms with Gasteiger partial charge in [-0.2, -0.15) is 0 Å². The minimum atomic E-state index is -0.284. The van der Waals surface area contributed by atoms with Crippen molar-refractivity contribution in [2.45, 2.75) is 0 Å². The molecule has 2 aromatic carbocycles. The summed E-state index contributed by atoms with van der Waals surface area (Å²) < 4.78 is 11.1. The van der Waals surface area contributed by atoms with Crippen LogP contribution in [0.1, 0.15) is 10.5 Å². The molecule has 9 nitrogen and oxygen atoms in total. The highest BCUT2D eigenvalue weighted by Crippen LogP contribution is 2.29. The van der Waals surface area contributed by atoms with Crippen LogP contribution in [0.15, 0.2) is 54.7 Å². The zero-order valence-electron chi connectivity index (χ0n) is 16.3. The molecule has 4 rings (SSSR count). The Morgan fingerprint density at radius 2 is 1.90 bits per heavy atom. The monoisotopic (exact) mass is 406 g/mol. The Morgan fingerprint density at radius 1 is 1.07 bits per heavy atom. The van der Waals surface area contributed by atoms with Crippen LogP contribution in [0.4, 0.5) is 11.6 Å². The predicted octanol–water partition coefficient (Wildman–Crippen LogP) is 3.30. The topological polar surface area (TPSA) is 124 Å². The Bertz CT molecular complexity index is 1220. The average Bonchev–Trinajstić information content (AvgIpc) is 3.14. The van der Waals surface area contributed by atoms with Gasteiger partial charge in [0.2, 0.25) is 5.95 Å². The van der Waals surface area contributed by atoms with Crippen molar-refractivity contribution in [3.63, 3.8) is 0 Å². The normalized spacial score (nSPS) is 10.6. The molecule has 0 aliphatic rings. The molecule has 0 saturated carbocycles. The molecule has 0 aliphatic heterocycles. The van der Waals surface area contributed by atoms with Crippen LogP contribution >= 0.6 is 0 Å². The maximum Gasteiger partial charge on any atom is 0.269 e. The number of fused-ring (bicyclic) bond motifs is 1. The van der Waals surface area contributed by atoms with E-state index in [-0.39, 0.29) is 11.6 Å². The summed E-state index contributed by atoms with van der Waals surface area (Å²) in [5.74, 6) is 2.25. The third-order valence-corrected chi connectivity index (χ3v) is 4.29. The number of methoxy groups -OCH3 is 1. The summed E-state index contributed by atoms with van der Waals surface area (Å²) in [5.41, 5.74) is 2.48. The fourth-order valence-electron chi connectivity index (χ4n) is 2.90. The number of hydrogen-bond donors (Lipinski definition) is 3. The van der Waals surface area contributed by atoms with E-state index in [0.717, 1.165) is 11.0 Å². The van der Waals surface area contributed by atoms with E-state index in [1.165, 1.54) is 6.20 Å². The van der Waals surface area contributed by atoms with Crippen molar-refractivity contribution in [3.8, 4) is 23.0 Å². The van der Waals surface area contributed by atoms with E-state index in [0.29, 0.717) is 34.6 Å². The molecular formula is C21H20N5O4+. The lowest BCUT2D eigenvalue weighted by Crippen LogP contribution is -2.18. The van der Waals surface area contributed by atoms with Gasteiger partial charge in [0.25, 0.3) is 11.7 Å². The van der Waals surface area contributed by atoms with Gasteiger partial charge in [0.05, 0.1) is 36.0 Å². The SMILES string of the molecule is CNC(=O)c1cc(Oc2ccc3nc(Nc4cc([OH2+])cc(OC)c4)[nH]c3c2)ccn1. The summed E-state index contributed by atoms with van der Waals surface area (Å²) in [5, 5.41) is 13.5. The van der Waals surface area contributed by atoms with E-state index >= 15 is 0 Å². The van der Waals surface area contributed by atoms with Gasteiger partial charge in [-0.15, -0.1) is 0 Å². The van der Waals surface area contributed by atoms with Crippen LogP contribution in [-0.4, -0.2) is 40.1 Å². The summed E-state index contributed by atoms with van der Waals surface area (Å²) >= 11 is 0. The number of nitrogens with zero attached hydrogens (tertiary/aromatic N) is 2. The Morgan fingerprint density at radius 3 is 2.70 bits per heavy atom. The number of imidazole rings is 1. The van der Waals surface area contributed by atoms with E-state index in [9.17, 15) is 4.79 Å². The van der Waals surface area contributed by atoms with Crippen molar-refractivity contribution in [2.24, 2.45) is 0 Å². The van der Waals surface area contributed by atoms with Gasteiger partial charge in [-0.05, 0) is 18.2 Å². The van der Waals surface area contributed by atoms with Gasteiger partial charge in [-0.3, -0.25) is 9.78 Å². The minimum absolute atomic E-state index is 0.274. The third kappa shape index (κ3) is 4.09. The Hall–Kier alpha value is -4.27. The molecule has 5 N–H and O–H groups in total. The molecular weight excluding hydrogens is 386 g/mol. The number of H-pyrrole nitrogens is 1. The number of ether oxygens (including phenoxy) is 2. The number of carbonyl (C=O) groups is 1. The molecule has 0 bridgehead atoms. The highest BCUT2D eigenvalue weighted by Gasteiger charge is 2.10. The van der Waals surface area contributed by atoms with Crippen molar-refractivity contribution in [1.82, 2.24) is 20.3 Å². The number of aromatic amines is 1. The van der Waals surface area contributed by atoms with E-state index in [1.807, 2.05) is 12.1 Å². The van der Waals surface area contributed by atoms with Crippen LogP contribution in [0, 0.1) is 0 Å². The highest BCUT2D eigenvalue weighted by atomic mass is 16.5. The van der Waals surface area contributed by atoms with Crippen LogP contribution < -0.4 is 20.1 Å². The maximum absolute atomic E-state index is 11.7. The highest BCUT2D eigenvalue weighted by molar-refractivity contribution is 5.92. The Labute approximate surface area is 171 Å². The van der Waals surface area contributed by atoms with Crippen molar-refractivity contribution in [2.75, 3.05) is 19.5 Å². The van der Waals surface area contributed by atoms with Crippen LogP contribution in [0.25, 0.3) is 11.0 Å². The largest absolute Gasteiger partial charge is 0.593 e. The van der Waals surface area contributed by atoms with Gasteiger partial charge in [0.15, 0.2) is 0 Å². The van der Waals surface area contributed by atoms with Gasteiger partial charge < -0.3 is 30.2 Å². The smallest absolute Gasteiger partial charge is 0.269 e. The zero-order valence-corrected chi connectivity index (χ0v) is 16.3. The number of anilines is 2. The molecule has 0 atom stereocenters. The first-order valence-electron chi connectivity index (χ1n) is 9.07. The van der Waals surface area contributed by atoms with Gasteiger partial charge in [-0.25, -0.2) is 4.98 Å². The predicted molar refractivity (Wildman–Crippen MR) is 113 cm³/mol. The molecule has 9 heteroatoms. The molecule has 0 radical (unpaired) electrons. The quantitative estimate of drug-likeness (QED) is 0.422. The first kappa shape index (κ1) is 19.1. The van der Waals surface area contributed by atoms with Gasteiger partial charge in [-0.1, -0.05) is 0 Å². The standard InChI is InChI=1S/C21H19N5O4/c1-22-20(28)19-11-15(5-6-23-19)30-14-3-4-17-18(10-14)26-21(25-17)24-12-7-13(27)9-16(8-12)29-2/h3-11,27H,1-2H3,(H,22,28)(H2,24,25,26)/p+1. The van der Waals surface area contributed by atoms with E-state index in [4.69, 9.17) is 14.6 Å². The number of hydrogen-bond acceptors (Lipinski definition) is 6. The van der Waals surface area contributed by atoms with Gasteiger partial charge >= 0.3 is 0 Å². The molecule has 2 heterocycles. The Kier molecular flexibility index (Phi) is 5.08. The zero-order chi connectivity index (χ0) is 21.1. The molecule has 0 fully saturated rings. The molecule has 30 heavy (non-hydrogen) atoms. The molecule has 4 aromatic rings. The number of rotatable bonds is 6. The lowest BCUT2D eigenvalue weighted by Gasteiger charge is -2.06. The van der Waals surface area contributed by atoms with E-state index < -0.39 is 0 Å². The second-order valence-electron chi connectivity index (χ2n) is 6.40. The first-order valence-corrected chi connectivity index (χ1v) is 9.07. The van der Waals surface area contributed by atoms with Crippen LogP contribution in [0.3, 0.4) is 0 Å². The maximum atomic E-state index is 11.7. The van der Waals surface area contributed by atoms with Crippen LogP contribution in [-0.2, 0) is 0 Å². The second-order valence-corrected chi connectivity index (χ2v) is 6.40. The fraction of sp³-hybridized carbons (Fsp3) is 0.0952.